The second kappa shape index (κ2) is 6.83. The summed E-state index contributed by atoms with van der Waals surface area (Å²) in [5.74, 6) is -1.93. The zero-order chi connectivity index (χ0) is 22.0. The van der Waals surface area contributed by atoms with Crippen LogP contribution in [0.25, 0.3) is 0 Å². The highest BCUT2D eigenvalue weighted by molar-refractivity contribution is 6.09. The second-order valence-electron chi connectivity index (χ2n) is 8.72. The van der Waals surface area contributed by atoms with Crippen molar-refractivity contribution in [1.29, 1.82) is 0 Å². The van der Waals surface area contributed by atoms with Crippen LogP contribution in [0, 0.1) is 45.6 Å². The minimum Gasteiger partial charge on any atom is -0.456 e. The second-order valence-corrected chi connectivity index (χ2v) is 8.72. The van der Waals surface area contributed by atoms with Crippen LogP contribution in [0.15, 0.2) is 36.4 Å². The Bertz CT molecular complexity index is 1030. The molecular weight excluding hydrogens is 404 g/mol. The highest BCUT2D eigenvalue weighted by Crippen LogP contribution is 2.65. The molecule has 5 aliphatic rings. The third kappa shape index (κ3) is 2.90. The summed E-state index contributed by atoms with van der Waals surface area (Å²) in [6.45, 7) is 0.785. The van der Waals surface area contributed by atoms with Gasteiger partial charge in [-0.1, -0.05) is 24.3 Å². The van der Waals surface area contributed by atoms with Crippen LogP contribution in [0.2, 0.25) is 0 Å². The summed E-state index contributed by atoms with van der Waals surface area (Å²) in [5.41, 5.74) is -0.210. The number of nitrogens with zero attached hydrogens (tertiary/aromatic N) is 2. The topological polar surface area (TPSA) is 124 Å². The molecule has 0 aromatic heterocycles. The smallest absolute Gasteiger partial charge is 0.329 e. The highest BCUT2D eigenvalue weighted by atomic mass is 16.6. The first-order valence-electron chi connectivity index (χ1n) is 10.3. The number of likely N-dealkylation sites (tertiary alicyclic amines) is 1. The van der Waals surface area contributed by atoms with Gasteiger partial charge >= 0.3 is 5.97 Å². The minimum absolute atomic E-state index is 0.0378. The van der Waals surface area contributed by atoms with Crippen molar-refractivity contribution in [2.75, 3.05) is 6.61 Å². The lowest BCUT2D eigenvalue weighted by Crippen LogP contribution is -2.45. The summed E-state index contributed by atoms with van der Waals surface area (Å²) >= 11 is 0. The zero-order valence-electron chi connectivity index (χ0n) is 16.7. The number of carbonyl (C=O) groups is 4. The Balaban J connectivity index is 1.25. The van der Waals surface area contributed by atoms with Gasteiger partial charge in [0, 0.05) is 17.7 Å². The molecule has 2 amide bonds. The molecule has 0 radical (unpaired) electrons. The Morgan fingerprint density at radius 3 is 2.35 bits per heavy atom. The zero-order valence-corrected chi connectivity index (χ0v) is 16.7. The van der Waals surface area contributed by atoms with Gasteiger partial charge in [0.25, 0.3) is 5.69 Å². The fourth-order valence-electron chi connectivity index (χ4n) is 5.60. The van der Waals surface area contributed by atoms with Gasteiger partial charge in [-0.2, -0.15) is 0 Å². The van der Waals surface area contributed by atoms with Crippen LogP contribution < -0.4 is 0 Å². The van der Waals surface area contributed by atoms with Gasteiger partial charge in [0.1, 0.15) is 6.04 Å². The average Bonchev–Trinajstić information content (AvgIpc) is 3.55. The number of hydrogen-bond donors (Lipinski definition) is 0. The number of non-ortho nitro benzene ring substituents is 1. The van der Waals surface area contributed by atoms with E-state index in [1.54, 1.807) is 0 Å². The molecular formula is C22H20N2O7. The number of carbonyl (C=O) groups excluding carboxylic acids is 4. The Kier molecular flexibility index (Phi) is 4.32. The fraction of sp³-hybridized carbons (Fsp3) is 0.455. The largest absolute Gasteiger partial charge is 0.456 e. The third-order valence-electron chi connectivity index (χ3n) is 7.15. The molecule has 1 aromatic rings. The minimum atomic E-state index is -1.14. The van der Waals surface area contributed by atoms with Gasteiger partial charge in [-0.05, 0) is 37.0 Å². The number of imide groups is 1. The van der Waals surface area contributed by atoms with Crippen molar-refractivity contribution < 1.29 is 28.8 Å². The molecule has 9 heteroatoms. The quantitative estimate of drug-likeness (QED) is 0.170. The molecule has 4 aliphatic carbocycles. The van der Waals surface area contributed by atoms with Crippen LogP contribution in [0.4, 0.5) is 5.69 Å². The fourth-order valence-corrected chi connectivity index (χ4v) is 5.60. The van der Waals surface area contributed by atoms with Crippen molar-refractivity contribution in [3.8, 4) is 0 Å². The van der Waals surface area contributed by atoms with Crippen LogP contribution in [-0.4, -0.2) is 46.0 Å². The van der Waals surface area contributed by atoms with E-state index in [4.69, 9.17) is 4.74 Å². The maximum atomic E-state index is 13.0. The van der Waals surface area contributed by atoms with Gasteiger partial charge in [0.2, 0.25) is 17.6 Å². The maximum absolute atomic E-state index is 13.0. The summed E-state index contributed by atoms with van der Waals surface area (Å²) in [4.78, 5) is 62.2. The molecule has 1 aliphatic heterocycles. The first-order valence-corrected chi connectivity index (χ1v) is 10.3. The van der Waals surface area contributed by atoms with Gasteiger partial charge in [0.15, 0.2) is 6.61 Å². The van der Waals surface area contributed by atoms with Crippen molar-refractivity contribution in [3.05, 3.63) is 52.1 Å². The van der Waals surface area contributed by atoms with Crippen LogP contribution in [0.1, 0.15) is 23.7 Å². The number of hydrogen-bond acceptors (Lipinski definition) is 7. The lowest BCUT2D eigenvalue weighted by Gasteiger charge is -2.37. The van der Waals surface area contributed by atoms with Crippen LogP contribution >= 0.6 is 0 Å². The molecule has 7 unspecified atom stereocenters. The van der Waals surface area contributed by atoms with Crippen molar-refractivity contribution in [2.45, 2.75) is 19.4 Å². The predicted octanol–water partition coefficient (Wildman–Crippen LogP) is 1.76. The number of ether oxygens (including phenoxy) is 1. The number of esters is 1. The van der Waals surface area contributed by atoms with E-state index < -0.39 is 41.2 Å². The van der Waals surface area contributed by atoms with E-state index >= 15 is 0 Å². The summed E-state index contributed by atoms with van der Waals surface area (Å²) < 4.78 is 5.06. The van der Waals surface area contributed by atoms with Gasteiger partial charge in [-0.15, -0.1) is 0 Å². The lowest BCUT2D eigenvalue weighted by atomic mass is 9.63. The molecule has 0 spiro atoms. The number of allylic oxidation sites excluding steroid dienone is 2. The maximum Gasteiger partial charge on any atom is 0.329 e. The van der Waals surface area contributed by atoms with Gasteiger partial charge < -0.3 is 4.74 Å². The van der Waals surface area contributed by atoms with Crippen molar-refractivity contribution in [1.82, 2.24) is 4.90 Å². The van der Waals surface area contributed by atoms with Gasteiger partial charge in [0.05, 0.1) is 16.8 Å². The van der Waals surface area contributed by atoms with E-state index in [0.717, 1.165) is 17.4 Å². The van der Waals surface area contributed by atoms with E-state index in [9.17, 15) is 29.3 Å². The summed E-state index contributed by atoms with van der Waals surface area (Å²) in [7, 11) is 0. The van der Waals surface area contributed by atoms with E-state index in [-0.39, 0.29) is 34.9 Å². The number of benzene rings is 1. The van der Waals surface area contributed by atoms with Crippen LogP contribution in [0.3, 0.4) is 0 Å². The number of nitro benzene ring substituents is 1. The predicted molar refractivity (Wildman–Crippen MR) is 104 cm³/mol. The van der Waals surface area contributed by atoms with Crippen molar-refractivity contribution in [2.24, 2.45) is 35.5 Å². The highest BCUT2D eigenvalue weighted by Gasteiger charge is 2.67. The lowest BCUT2D eigenvalue weighted by molar-refractivity contribution is -0.384. The Morgan fingerprint density at radius 2 is 1.77 bits per heavy atom. The first kappa shape index (κ1) is 19.6. The third-order valence-corrected chi connectivity index (χ3v) is 7.15. The molecule has 6 rings (SSSR count). The molecule has 31 heavy (non-hydrogen) atoms. The molecule has 9 nitrogen and oxygen atoms in total. The number of amides is 2. The molecule has 0 N–H and O–H groups in total. The molecule has 160 valence electrons. The number of Topliss-reactive ketones (excluding diaryl/α,β-unsaturated/α-hetero) is 1. The summed E-state index contributed by atoms with van der Waals surface area (Å²) in [6, 6.07) is 3.97. The Morgan fingerprint density at radius 1 is 1.16 bits per heavy atom. The van der Waals surface area contributed by atoms with E-state index in [1.807, 2.05) is 0 Å². The molecule has 1 saturated heterocycles. The number of nitro groups is 1. The van der Waals surface area contributed by atoms with E-state index in [2.05, 4.69) is 12.2 Å². The molecule has 2 bridgehead atoms. The van der Waals surface area contributed by atoms with E-state index in [1.165, 1.54) is 25.1 Å². The van der Waals surface area contributed by atoms with Crippen molar-refractivity contribution >= 4 is 29.3 Å². The van der Waals surface area contributed by atoms with Gasteiger partial charge in [-0.25, -0.2) is 4.79 Å². The Labute approximate surface area is 177 Å². The molecule has 1 aromatic carbocycles. The Hall–Kier alpha value is -3.36. The molecule has 7 atom stereocenters. The average molecular weight is 424 g/mol. The van der Waals surface area contributed by atoms with Crippen molar-refractivity contribution in [3.63, 3.8) is 0 Å². The molecule has 2 saturated carbocycles. The summed E-state index contributed by atoms with van der Waals surface area (Å²) in [6.07, 6.45) is 5.15. The molecule has 3 fully saturated rings. The standard InChI is InChI=1S/C22H20N2O7/c1-10(22(28)31-9-17(25)11-3-2-4-12(7-11)24(29)30)23-20(26)18-13-5-6-14(16-8-15(13)16)19(18)21(23)27/h2-7,10,13-16,18-19H,8-9H2,1H3. The molecule has 1 heterocycles. The normalized spacial score (nSPS) is 33.0. The van der Waals surface area contributed by atoms with Crippen LogP contribution in [-0.2, 0) is 19.1 Å². The monoisotopic (exact) mass is 424 g/mol. The van der Waals surface area contributed by atoms with Crippen LogP contribution in [0.5, 0.6) is 0 Å². The van der Waals surface area contributed by atoms with Gasteiger partial charge in [-0.3, -0.25) is 29.4 Å². The SMILES string of the molecule is CC(C(=O)OCC(=O)c1cccc([N+](=O)[O-])c1)N1C(=O)C2C3C=CC(C4CC34)C2C1=O. The first-order chi connectivity index (χ1) is 14.8. The summed E-state index contributed by atoms with van der Waals surface area (Å²) in [5, 5.41) is 10.9. The van der Waals surface area contributed by atoms with E-state index in [0.29, 0.717) is 11.8 Å². The number of rotatable bonds is 6. The number of ketones is 1.